The monoisotopic (exact) mass is 559 g/mol. The summed E-state index contributed by atoms with van der Waals surface area (Å²) >= 11 is 0. The van der Waals surface area contributed by atoms with Gasteiger partial charge in [0.25, 0.3) is 6.43 Å². The van der Waals surface area contributed by atoms with Crippen LogP contribution in [0, 0.1) is 5.82 Å². The van der Waals surface area contributed by atoms with Crippen LogP contribution in [0.15, 0.2) is 65.1 Å². The molecule has 7 nitrogen and oxygen atoms in total. The maximum absolute atomic E-state index is 15.4. The summed E-state index contributed by atoms with van der Waals surface area (Å²) in [5.41, 5.74) is 2.94. The van der Waals surface area contributed by atoms with Crippen molar-refractivity contribution in [1.29, 1.82) is 0 Å². The largest absolute Gasteiger partial charge is 0.379 e. The van der Waals surface area contributed by atoms with E-state index in [4.69, 9.17) is 4.74 Å². The van der Waals surface area contributed by atoms with Gasteiger partial charge in [0, 0.05) is 78.3 Å². The third-order valence-corrected chi connectivity index (χ3v) is 8.50. The fourth-order valence-corrected chi connectivity index (χ4v) is 5.92. The summed E-state index contributed by atoms with van der Waals surface area (Å²) in [4.78, 5) is 6.41. The number of benzene rings is 2. The van der Waals surface area contributed by atoms with Gasteiger partial charge in [-0.25, -0.2) is 13.2 Å². The van der Waals surface area contributed by atoms with Crippen LogP contribution in [0.1, 0.15) is 23.1 Å². The molecule has 0 radical (unpaired) electrons. The molecule has 39 heavy (non-hydrogen) atoms. The molecule has 2 fully saturated rings. The lowest BCUT2D eigenvalue weighted by molar-refractivity contribution is 0.0342. The summed E-state index contributed by atoms with van der Waals surface area (Å²) in [7, 11) is -0.836. The Balaban J connectivity index is 1.35. The van der Waals surface area contributed by atoms with Gasteiger partial charge in [-0.3, -0.25) is 9.11 Å². The number of ether oxygens (including phenoxy) is 1. The van der Waals surface area contributed by atoms with Crippen LogP contribution in [0.5, 0.6) is 0 Å². The maximum Gasteiger partial charge on any atom is 0.278 e. The summed E-state index contributed by atoms with van der Waals surface area (Å²) in [5.74, 6) is 1.40. The minimum Gasteiger partial charge on any atom is -0.379 e. The van der Waals surface area contributed by atoms with Gasteiger partial charge in [-0.2, -0.15) is 10.2 Å². The Morgan fingerprint density at radius 2 is 1.77 bits per heavy atom. The van der Waals surface area contributed by atoms with Gasteiger partial charge >= 0.3 is 0 Å². The topological polar surface area (TPSA) is 60.7 Å². The number of hydrogen-bond donors (Lipinski definition) is 0. The van der Waals surface area contributed by atoms with E-state index in [1.165, 1.54) is 11.6 Å². The van der Waals surface area contributed by atoms with Gasteiger partial charge in [0.15, 0.2) is 0 Å². The number of hydrogen-bond acceptors (Lipinski definition) is 7. The third-order valence-electron chi connectivity index (χ3n) is 7.23. The quantitative estimate of drug-likeness (QED) is 0.465. The van der Waals surface area contributed by atoms with Crippen LogP contribution in [0.2, 0.25) is 0 Å². The first-order valence-electron chi connectivity index (χ1n) is 13.0. The minimum absolute atomic E-state index is 0.0908. The molecule has 3 aliphatic rings. The standard InChI is InChI=1S/C28H32F3N5O2S/c1-20(35-10-14-39(37)15-11-35)36(24-6-2-21(3-7-24)18-34-8-12-38-13-9-34)19-23-5-4-22(16-25(23)29)26-17-27(28(30)31)33-32-26/h2-7,16,28H,1,8-15,17-19H2. The molecule has 0 saturated carbocycles. The van der Waals surface area contributed by atoms with Crippen LogP contribution in [0.25, 0.3) is 0 Å². The summed E-state index contributed by atoms with van der Waals surface area (Å²) in [5, 5.41) is 7.36. The van der Waals surface area contributed by atoms with Crippen LogP contribution >= 0.6 is 0 Å². The van der Waals surface area contributed by atoms with Gasteiger partial charge in [-0.05, 0) is 23.8 Å². The first-order valence-corrected chi connectivity index (χ1v) is 14.5. The molecule has 0 unspecified atom stereocenters. The zero-order valence-corrected chi connectivity index (χ0v) is 22.5. The Labute approximate surface area is 229 Å². The minimum atomic E-state index is -2.68. The predicted molar refractivity (Wildman–Crippen MR) is 148 cm³/mol. The summed E-state index contributed by atoms with van der Waals surface area (Å²) in [6, 6.07) is 12.9. The van der Waals surface area contributed by atoms with E-state index in [1.807, 2.05) is 17.0 Å². The highest BCUT2D eigenvalue weighted by atomic mass is 32.2. The van der Waals surface area contributed by atoms with Crippen molar-refractivity contribution in [3.8, 4) is 0 Å². The molecule has 0 amide bonds. The van der Waals surface area contributed by atoms with Gasteiger partial charge in [0.1, 0.15) is 17.3 Å². The van der Waals surface area contributed by atoms with Crippen molar-refractivity contribution < 1.29 is 22.1 Å². The van der Waals surface area contributed by atoms with Gasteiger partial charge in [0.2, 0.25) is 0 Å². The Morgan fingerprint density at radius 3 is 2.41 bits per heavy atom. The molecule has 2 aromatic rings. The fourth-order valence-electron chi connectivity index (χ4n) is 4.87. The van der Waals surface area contributed by atoms with E-state index in [0.29, 0.717) is 47.3 Å². The average molecular weight is 560 g/mol. The van der Waals surface area contributed by atoms with Crippen LogP contribution < -0.4 is 4.90 Å². The van der Waals surface area contributed by atoms with Crippen LogP contribution in [0.3, 0.4) is 0 Å². The van der Waals surface area contributed by atoms with E-state index < -0.39 is 23.0 Å². The van der Waals surface area contributed by atoms with Gasteiger partial charge in [0.05, 0.1) is 25.5 Å². The van der Waals surface area contributed by atoms with E-state index in [1.54, 1.807) is 12.1 Å². The van der Waals surface area contributed by atoms with Crippen LogP contribution in [-0.2, 0) is 28.6 Å². The average Bonchev–Trinajstić information content (AvgIpc) is 3.45. The lowest BCUT2D eigenvalue weighted by atomic mass is 10.0. The zero-order valence-electron chi connectivity index (χ0n) is 21.7. The highest BCUT2D eigenvalue weighted by molar-refractivity contribution is 7.85. The predicted octanol–water partition coefficient (Wildman–Crippen LogP) is 4.01. The van der Waals surface area contributed by atoms with Crippen molar-refractivity contribution in [1.82, 2.24) is 9.80 Å². The number of halogens is 3. The number of nitrogens with zero attached hydrogens (tertiary/aromatic N) is 5. The second kappa shape index (κ2) is 12.4. The summed E-state index contributed by atoms with van der Waals surface area (Å²) in [6.07, 6.45) is -2.77. The molecule has 0 atom stereocenters. The zero-order chi connectivity index (χ0) is 27.4. The highest BCUT2D eigenvalue weighted by Gasteiger charge is 2.25. The molecule has 5 rings (SSSR count). The molecule has 2 aromatic carbocycles. The van der Waals surface area contributed by atoms with Crippen molar-refractivity contribution in [2.24, 2.45) is 10.2 Å². The summed E-state index contributed by atoms with van der Waals surface area (Å²) in [6.45, 7) is 9.90. The van der Waals surface area contributed by atoms with Crippen molar-refractivity contribution in [2.75, 3.05) is 55.8 Å². The Bertz CT molecular complexity index is 1270. The number of morpholine rings is 1. The van der Waals surface area contributed by atoms with Crippen LogP contribution in [-0.4, -0.2) is 82.8 Å². The molecule has 0 aromatic heterocycles. The fraction of sp³-hybridized carbons (Fsp3) is 0.429. The van der Waals surface area contributed by atoms with Crippen molar-refractivity contribution in [3.63, 3.8) is 0 Å². The van der Waals surface area contributed by atoms with Crippen molar-refractivity contribution in [2.45, 2.75) is 25.9 Å². The van der Waals surface area contributed by atoms with E-state index in [9.17, 15) is 13.0 Å². The molecule has 0 spiro atoms. The number of alkyl halides is 2. The van der Waals surface area contributed by atoms with Crippen molar-refractivity contribution in [3.05, 3.63) is 77.4 Å². The molecule has 0 bridgehead atoms. The third kappa shape index (κ3) is 6.77. The Hall–Kier alpha value is -3.02. The molecule has 208 valence electrons. The molecule has 11 heteroatoms. The maximum atomic E-state index is 15.4. The van der Waals surface area contributed by atoms with Crippen LogP contribution in [0.4, 0.5) is 18.9 Å². The second-order valence-electron chi connectivity index (χ2n) is 9.81. The normalized spacial score (nSPS) is 18.8. The lowest BCUT2D eigenvalue weighted by Crippen LogP contribution is -2.42. The lowest BCUT2D eigenvalue weighted by Gasteiger charge is -2.37. The van der Waals surface area contributed by atoms with Crippen molar-refractivity contribution >= 4 is 27.9 Å². The number of anilines is 1. The van der Waals surface area contributed by atoms with Gasteiger partial charge in [-0.1, -0.05) is 30.8 Å². The second-order valence-corrected chi connectivity index (χ2v) is 11.5. The molecular formula is C28H32F3N5O2S. The Morgan fingerprint density at radius 1 is 1.05 bits per heavy atom. The molecule has 3 heterocycles. The smallest absolute Gasteiger partial charge is 0.278 e. The SMILES string of the molecule is C=C(N1CCS(=O)CC1)N(Cc1ccc(C2=NN=C(C(F)F)C2)cc1F)c1ccc(CN2CCOCC2)cc1. The summed E-state index contributed by atoms with van der Waals surface area (Å²) < 4.78 is 58.6. The van der Waals surface area contributed by atoms with E-state index in [2.05, 4.69) is 38.7 Å². The van der Waals surface area contributed by atoms with E-state index in [0.717, 1.165) is 38.5 Å². The molecule has 3 aliphatic heterocycles. The molecule has 0 N–H and O–H groups in total. The highest BCUT2D eigenvalue weighted by Crippen LogP contribution is 2.27. The molecule has 0 aliphatic carbocycles. The molecular weight excluding hydrogens is 527 g/mol. The first kappa shape index (κ1) is 27.5. The molecule has 2 saturated heterocycles. The van der Waals surface area contributed by atoms with E-state index in [-0.39, 0.29) is 18.7 Å². The van der Waals surface area contributed by atoms with Gasteiger partial charge in [-0.15, -0.1) is 0 Å². The Kier molecular flexibility index (Phi) is 8.79. The number of rotatable bonds is 9. The first-order chi connectivity index (χ1) is 18.9. The van der Waals surface area contributed by atoms with E-state index >= 15 is 4.39 Å². The van der Waals surface area contributed by atoms with Gasteiger partial charge < -0.3 is 14.5 Å².